The molecule has 0 aliphatic carbocycles. The van der Waals surface area contributed by atoms with Crippen molar-refractivity contribution in [1.29, 1.82) is 0 Å². The number of unbranched alkanes of at least 4 members (excludes halogenated alkanes) is 3. The molecule has 3 heterocycles. The van der Waals surface area contributed by atoms with Crippen LogP contribution in [0.15, 0.2) is 24.8 Å². The topological polar surface area (TPSA) is 75.9 Å². The molecule has 7 nitrogen and oxygen atoms in total. The van der Waals surface area contributed by atoms with E-state index >= 15 is 0 Å². The Morgan fingerprint density at radius 2 is 1.93 bits per heavy atom. The first kappa shape index (κ1) is 22.4. The second-order valence-electron chi connectivity index (χ2n) is 8.15. The van der Waals surface area contributed by atoms with Crippen LogP contribution in [0, 0.1) is 0 Å². The number of rotatable bonds is 11. The quantitative estimate of drug-likeness (QED) is 0.568. The highest BCUT2D eigenvalue weighted by molar-refractivity contribution is 5.82. The van der Waals surface area contributed by atoms with Gasteiger partial charge in [0.1, 0.15) is 12.4 Å². The van der Waals surface area contributed by atoms with Gasteiger partial charge in [-0.3, -0.25) is 14.3 Å². The largest absolute Gasteiger partial charge is 0.354 e. The number of likely N-dealkylation sites (tertiary alicyclic amines) is 1. The smallest absolute Gasteiger partial charge is 0.243 e. The lowest BCUT2D eigenvalue weighted by Crippen LogP contribution is -2.43. The van der Waals surface area contributed by atoms with Gasteiger partial charge < -0.3 is 5.32 Å². The van der Waals surface area contributed by atoms with Gasteiger partial charge in [0.25, 0.3) is 0 Å². The van der Waals surface area contributed by atoms with Crippen molar-refractivity contribution >= 4 is 5.91 Å². The Bertz CT molecular complexity index is 770. The molecule has 1 atom stereocenters. The summed E-state index contributed by atoms with van der Waals surface area (Å²) in [5.41, 5.74) is 1.77. The van der Waals surface area contributed by atoms with Gasteiger partial charge in [-0.05, 0) is 44.8 Å². The van der Waals surface area contributed by atoms with Crippen LogP contribution in [0.25, 0.3) is 5.95 Å². The fourth-order valence-corrected chi connectivity index (χ4v) is 4.05. The Morgan fingerprint density at radius 1 is 1.10 bits per heavy atom. The van der Waals surface area contributed by atoms with E-state index in [0.717, 1.165) is 69.5 Å². The predicted octanol–water partition coefficient (Wildman–Crippen LogP) is 3.84. The van der Waals surface area contributed by atoms with Gasteiger partial charge in [0.2, 0.25) is 11.9 Å². The highest BCUT2D eigenvalue weighted by Gasteiger charge is 2.30. The normalized spacial score (nSPS) is 15.8. The van der Waals surface area contributed by atoms with E-state index in [0.29, 0.717) is 5.95 Å². The van der Waals surface area contributed by atoms with Crippen LogP contribution in [0.1, 0.15) is 82.6 Å². The summed E-state index contributed by atoms with van der Waals surface area (Å²) in [5, 5.41) is 3.18. The number of amides is 1. The Hall–Kier alpha value is -2.28. The summed E-state index contributed by atoms with van der Waals surface area (Å²) in [4.78, 5) is 29.3. The molecule has 164 valence electrons. The number of piperidine rings is 1. The van der Waals surface area contributed by atoms with Crippen LogP contribution in [0.4, 0.5) is 0 Å². The van der Waals surface area contributed by atoms with Gasteiger partial charge in [-0.1, -0.05) is 46.0 Å². The van der Waals surface area contributed by atoms with Crippen LogP contribution in [0.2, 0.25) is 0 Å². The number of hydrogen-bond donors (Lipinski definition) is 1. The Labute approximate surface area is 180 Å². The number of aryl methyl sites for hydroxylation is 1. The van der Waals surface area contributed by atoms with E-state index in [1.54, 1.807) is 12.5 Å². The lowest BCUT2D eigenvalue weighted by Gasteiger charge is -2.33. The minimum atomic E-state index is -0.364. The molecule has 0 aromatic carbocycles. The number of aromatic nitrogens is 4. The van der Waals surface area contributed by atoms with Crippen molar-refractivity contribution in [1.82, 2.24) is 29.7 Å². The Balaban J connectivity index is 1.86. The van der Waals surface area contributed by atoms with Crippen molar-refractivity contribution in [2.24, 2.45) is 0 Å². The maximum Gasteiger partial charge on any atom is 0.243 e. The third kappa shape index (κ3) is 6.11. The third-order valence-electron chi connectivity index (χ3n) is 5.64. The van der Waals surface area contributed by atoms with E-state index in [1.807, 2.05) is 16.8 Å². The van der Waals surface area contributed by atoms with Crippen LogP contribution in [0.3, 0.4) is 0 Å². The van der Waals surface area contributed by atoms with Crippen LogP contribution in [-0.4, -0.2) is 50.0 Å². The number of imidazole rings is 1. The molecule has 1 aliphatic rings. The van der Waals surface area contributed by atoms with Crippen molar-refractivity contribution in [2.75, 3.05) is 19.6 Å². The van der Waals surface area contributed by atoms with Gasteiger partial charge >= 0.3 is 0 Å². The molecular formula is C23H36N6O. The van der Waals surface area contributed by atoms with Gasteiger partial charge in [0.15, 0.2) is 0 Å². The van der Waals surface area contributed by atoms with Crippen molar-refractivity contribution in [3.05, 3.63) is 36.2 Å². The monoisotopic (exact) mass is 412 g/mol. The van der Waals surface area contributed by atoms with Gasteiger partial charge in [0.05, 0.1) is 5.69 Å². The van der Waals surface area contributed by atoms with Crippen LogP contribution < -0.4 is 5.32 Å². The van der Waals surface area contributed by atoms with Crippen molar-refractivity contribution in [2.45, 2.75) is 77.7 Å². The summed E-state index contributed by atoms with van der Waals surface area (Å²) in [6.07, 6.45) is 15.2. The molecule has 0 spiro atoms. The molecule has 1 N–H and O–H groups in total. The molecule has 2 aromatic rings. The summed E-state index contributed by atoms with van der Waals surface area (Å²) in [5.74, 6) is 0.650. The molecule has 0 radical (unpaired) electrons. The lowest BCUT2D eigenvalue weighted by atomic mass is 10.0. The van der Waals surface area contributed by atoms with Crippen LogP contribution in [0.5, 0.6) is 0 Å². The molecule has 30 heavy (non-hydrogen) atoms. The number of carbonyl (C=O) groups excluding carboxylic acids is 1. The molecule has 1 fully saturated rings. The molecule has 0 bridgehead atoms. The summed E-state index contributed by atoms with van der Waals surface area (Å²) in [7, 11) is 0. The lowest BCUT2D eigenvalue weighted by molar-refractivity contribution is -0.127. The van der Waals surface area contributed by atoms with E-state index in [9.17, 15) is 4.79 Å². The van der Waals surface area contributed by atoms with E-state index < -0.39 is 0 Å². The molecule has 1 unspecified atom stereocenters. The summed E-state index contributed by atoms with van der Waals surface area (Å²) >= 11 is 0. The Morgan fingerprint density at radius 3 is 2.63 bits per heavy atom. The van der Waals surface area contributed by atoms with Gasteiger partial charge in [0, 0.05) is 24.6 Å². The van der Waals surface area contributed by atoms with Gasteiger partial charge in [-0.25, -0.2) is 15.0 Å². The second kappa shape index (κ2) is 11.8. The van der Waals surface area contributed by atoms with E-state index in [1.165, 1.54) is 19.3 Å². The molecule has 1 aliphatic heterocycles. The number of carbonyl (C=O) groups is 1. The molecule has 3 rings (SSSR count). The average Bonchev–Trinajstić information content (AvgIpc) is 3.30. The standard InChI is InChI=1S/C23H36N6O/c1-3-5-6-8-12-25-22(30)21(28-14-9-7-10-15-28)20-17-19(11-4-2)26-23(27-20)29-16-13-24-18-29/h13,16-18,21H,3-12,14-15H2,1-2H3,(H,25,30). The number of nitrogens with one attached hydrogen (secondary N) is 1. The first-order valence-electron chi connectivity index (χ1n) is 11.6. The van der Waals surface area contributed by atoms with E-state index in [-0.39, 0.29) is 11.9 Å². The van der Waals surface area contributed by atoms with Crippen molar-refractivity contribution in [3.8, 4) is 5.95 Å². The summed E-state index contributed by atoms with van der Waals surface area (Å²) in [6, 6.07) is 1.66. The predicted molar refractivity (Wildman–Crippen MR) is 118 cm³/mol. The zero-order valence-corrected chi connectivity index (χ0v) is 18.5. The Kier molecular flexibility index (Phi) is 8.81. The summed E-state index contributed by atoms with van der Waals surface area (Å²) in [6.45, 7) is 6.93. The fourth-order valence-electron chi connectivity index (χ4n) is 4.05. The molecule has 1 amide bonds. The van der Waals surface area contributed by atoms with Crippen LogP contribution in [-0.2, 0) is 11.2 Å². The molecule has 2 aromatic heterocycles. The van der Waals surface area contributed by atoms with Gasteiger partial charge in [-0.15, -0.1) is 0 Å². The minimum absolute atomic E-state index is 0.0612. The number of hydrogen-bond acceptors (Lipinski definition) is 5. The van der Waals surface area contributed by atoms with Gasteiger partial charge in [-0.2, -0.15) is 0 Å². The molecule has 0 saturated carbocycles. The maximum absolute atomic E-state index is 13.3. The molecule has 1 saturated heterocycles. The highest BCUT2D eigenvalue weighted by Crippen LogP contribution is 2.25. The van der Waals surface area contributed by atoms with E-state index in [2.05, 4.69) is 29.0 Å². The zero-order valence-electron chi connectivity index (χ0n) is 18.5. The van der Waals surface area contributed by atoms with Crippen molar-refractivity contribution < 1.29 is 4.79 Å². The highest BCUT2D eigenvalue weighted by atomic mass is 16.2. The number of nitrogens with zero attached hydrogens (tertiary/aromatic N) is 5. The molecular weight excluding hydrogens is 376 g/mol. The third-order valence-corrected chi connectivity index (χ3v) is 5.64. The van der Waals surface area contributed by atoms with Crippen LogP contribution >= 0.6 is 0 Å². The minimum Gasteiger partial charge on any atom is -0.354 e. The zero-order chi connectivity index (χ0) is 21.2. The average molecular weight is 413 g/mol. The summed E-state index contributed by atoms with van der Waals surface area (Å²) < 4.78 is 1.82. The second-order valence-corrected chi connectivity index (χ2v) is 8.15. The molecule has 7 heteroatoms. The fraction of sp³-hybridized carbons (Fsp3) is 0.652. The SMILES string of the molecule is CCCCCCNC(=O)C(c1cc(CCC)nc(-n2ccnc2)n1)N1CCCCC1. The first-order chi connectivity index (χ1) is 14.7. The van der Waals surface area contributed by atoms with E-state index in [4.69, 9.17) is 9.97 Å². The first-order valence-corrected chi connectivity index (χ1v) is 11.6. The van der Waals surface area contributed by atoms with Crippen molar-refractivity contribution in [3.63, 3.8) is 0 Å². The maximum atomic E-state index is 13.3.